The van der Waals surface area contributed by atoms with Crippen LogP contribution in [0, 0.1) is 0 Å². The number of nitrogens with two attached hydrogens (primary N) is 2. The average Bonchev–Trinajstić information content (AvgIpc) is 3.29. The lowest BCUT2D eigenvalue weighted by Gasteiger charge is -2.46. The molecule has 2 saturated heterocycles. The van der Waals surface area contributed by atoms with Crippen LogP contribution < -0.4 is 22.1 Å². The van der Waals surface area contributed by atoms with Gasteiger partial charge in [-0.05, 0) is 56.6 Å². The molecule has 2 aliphatic rings. The van der Waals surface area contributed by atoms with Gasteiger partial charge in [0.25, 0.3) is 0 Å². The fourth-order valence-electron chi connectivity index (χ4n) is 4.24. The van der Waals surface area contributed by atoms with Crippen molar-refractivity contribution in [3.8, 4) is 0 Å². The average molecular weight is 451 g/mol. The molecular formula is C21H34N6O3S. The van der Waals surface area contributed by atoms with E-state index >= 15 is 0 Å². The van der Waals surface area contributed by atoms with E-state index in [0.29, 0.717) is 45.7 Å². The van der Waals surface area contributed by atoms with Gasteiger partial charge >= 0.3 is 0 Å². The topological polar surface area (TPSA) is 134 Å². The summed E-state index contributed by atoms with van der Waals surface area (Å²) in [6.45, 7) is 3.08. The maximum Gasteiger partial charge on any atom is 0.245 e. The predicted octanol–water partition coefficient (Wildman–Crippen LogP) is -0.215. The molecule has 2 fully saturated rings. The van der Waals surface area contributed by atoms with E-state index in [-0.39, 0.29) is 17.7 Å². The van der Waals surface area contributed by atoms with Crippen LogP contribution >= 0.6 is 11.3 Å². The first-order valence-electron chi connectivity index (χ1n) is 11.1. The van der Waals surface area contributed by atoms with Gasteiger partial charge < -0.3 is 27.0 Å². The number of piperazine rings is 2. The first-order chi connectivity index (χ1) is 15.1. The van der Waals surface area contributed by atoms with E-state index in [2.05, 4.69) is 10.6 Å². The molecule has 0 aliphatic carbocycles. The highest BCUT2D eigenvalue weighted by atomic mass is 32.1. The zero-order chi connectivity index (χ0) is 22.2. The van der Waals surface area contributed by atoms with Crippen LogP contribution in [-0.2, 0) is 14.4 Å². The van der Waals surface area contributed by atoms with Crippen molar-refractivity contribution >= 4 is 29.1 Å². The fourth-order valence-corrected chi connectivity index (χ4v) is 5.10. The van der Waals surface area contributed by atoms with Crippen LogP contribution in [0.3, 0.4) is 0 Å². The number of nitrogens with zero attached hydrogens (tertiary/aromatic N) is 2. The van der Waals surface area contributed by atoms with Gasteiger partial charge in [-0.1, -0.05) is 6.07 Å². The highest BCUT2D eigenvalue weighted by Crippen LogP contribution is 2.29. The van der Waals surface area contributed by atoms with Crippen LogP contribution in [0.15, 0.2) is 17.5 Å². The summed E-state index contributed by atoms with van der Waals surface area (Å²) in [4.78, 5) is 43.4. The Balaban J connectivity index is 1.67. The van der Waals surface area contributed by atoms with Gasteiger partial charge in [0.05, 0.1) is 0 Å². The Kier molecular flexibility index (Phi) is 8.82. The lowest BCUT2D eigenvalue weighted by molar-refractivity contribution is -0.154. The second-order valence-corrected chi connectivity index (χ2v) is 9.07. The van der Waals surface area contributed by atoms with Crippen molar-refractivity contribution in [2.24, 2.45) is 11.5 Å². The van der Waals surface area contributed by atoms with Crippen molar-refractivity contribution < 1.29 is 14.4 Å². The van der Waals surface area contributed by atoms with Crippen molar-refractivity contribution in [2.45, 2.75) is 50.2 Å². The maximum atomic E-state index is 13.0. The minimum Gasteiger partial charge on any atom is -0.354 e. The Labute approximate surface area is 187 Å². The molecule has 3 atom stereocenters. The number of amides is 3. The molecule has 1 aromatic rings. The number of rotatable bonds is 11. The number of carbonyl (C=O) groups excluding carboxylic acids is 3. The third kappa shape index (κ3) is 5.82. The molecule has 31 heavy (non-hydrogen) atoms. The van der Waals surface area contributed by atoms with Gasteiger partial charge in [-0.3, -0.25) is 19.3 Å². The lowest BCUT2D eigenvalue weighted by Crippen LogP contribution is -2.69. The molecule has 2 unspecified atom stereocenters. The number of nitrogens with one attached hydrogen (secondary N) is 2. The van der Waals surface area contributed by atoms with E-state index in [1.807, 2.05) is 22.4 Å². The second-order valence-electron chi connectivity index (χ2n) is 8.09. The summed E-state index contributed by atoms with van der Waals surface area (Å²) in [7, 11) is 0. The summed E-state index contributed by atoms with van der Waals surface area (Å²) in [5.74, 6) is -0.245. The van der Waals surface area contributed by atoms with E-state index in [1.165, 1.54) is 11.3 Å². The number of thiophene rings is 1. The first kappa shape index (κ1) is 23.6. The van der Waals surface area contributed by atoms with Crippen molar-refractivity contribution in [3.63, 3.8) is 0 Å². The van der Waals surface area contributed by atoms with Crippen molar-refractivity contribution in [3.05, 3.63) is 22.4 Å². The Morgan fingerprint density at radius 1 is 1.19 bits per heavy atom. The first-order valence-corrected chi connectivity index (χ1v) is 12.0. The summed E-state index contributed by atoms with van der Waals surface area (Å²) in [5.41, 5.74) is 11.1. The Morgan fingerprint density at radius 3 is 2.68 bits per heavy atom. The molecule has 172 valence electrons. The van der Waals surface area contributed by atoms with E-state index in [0.717, 1.165) is 30.6 Å². The SMILES string of the molecule is NCCCCNC(=O)C(c1cccs1)N1CCN2C(=O)[C@H](CCCCN)NC(=O)C2C1. The summed E-state index contributed by atoms with van der Waals surface area (Å²) >= 11 is 1.53. The lowest BCUT2D eigenvalue weighted by atomic mass is 9.99. The van der Waals surface area contributed by atoms with Gasteiger partial charge in [-0.2, -0.15) is 0 Å². The van der Waals surface area contributed by atoms with Gasteiger partial charge in [0.1, 0.15) is 18.1 Å². The van der Waals surface area contributed by atoms with Crippen molar-refractivity contribution in [1.29, 1.82) is 0 Å². The minimum absolute atomic E-state index is 0.0276. The highest BCUT2D eigenvalue weighted by molar-refractivity contribution is 7.10. The van der Waals surface area contributed by atoms with Crippen LogP contribution in [-0.4, -0.2) is 78.9 Å². The zero-order valence-electron chi connectivity index (χ0n) is 17.9. The summed E-state index contributed by atoms with van der Waals surface area (Å²) in [5, 5.41) is 7.85. The summed E-state index contributed by atoms with van der Waals surface area (Å²) < 4.78 is 0. The molecule has 9 nitrogen and oxygen atoms in total. The van der Waals surface area contributed by atoms with Crippen molar-refractivity contribution in [1.82, 2.24) is 20.4 Å². The Hall–Kier alpha value is -2.01. The quantitative estimate of drug-likeness (QED) is 0.345. The van der Waals surface area contributed by atoms with Gasteiger partial charge in [0.2, 0.25) is 17.7 Å². The second kappa shape index (κ2) is 11.6. The predicted molar refractivity (Wildman–Crippen MR) is 120 cm³/mol. The largest absolute Gasteiger partial charge is 0.354 e. The van der Waals surface area contributed by atoms with Crippen LogP contribution in [0.4, 0.5) is 0 Å². The minimum atomic E-state index is -0.570. The highest BCUT2D eigenvalue weighted by Gasteiger charge is 2.45. The number of hydrogen-bond donors (Lipinski definition) is 4. The molecule has 0 aromatic carbocycles. The molecule has 0 saturated carbocycles. The Bertz CT molecular complexity index is 743. The summed E-state index contributed by atoms with van der Waals surface area (Å²) in [6, 6.07) is 2.36. The summed E-state index contributed by atoms with van der Waals surface area (Å²) in [6.07, 6.45) is 3.94. The standard InChI is InChI=1S/C21H34N6O3S/c22-8-2-1-6-15-21(30)27-12-11-26(14-16(27)19(28)25-15)18(17-7-5-13-31-17)20(29)24-10-4-3-9-23/h5,7,13,15-16,18H,1-4,6,8-12,14,22-23H2,(H,24,29)(H,25,28)/t15-,16?,18?/m0/s1. The molecule has 2 aliphatic heterocycles. The van der Waals surface area contributed by atoms with Gasteiger partial charge in [-0.25, -0.2) is 0 Å². The van der Waals surface area contributed by atoms with E-state index in [9.17, 15) is 14.4 Å². The van der Waals surface area contributed by atoms with E-state index in [1.54, 1.807) is 4.90 Å². The Morgan fingerprint density at radius 2 is 1.97 bits per heavy atom. The molecular weight excluding hydrogens is 416 g/mol. The third-order valence-corrected chi connectivity index (χ3v) is 6.84. The molecule has 1 aromatic heterocycles. The van der Waals surface area contributed by atoms with Gasteiger partial charge in [0, 0.05) is 31.1 Å². The normalized spacial score (nSPS) is 22.7. The fraction of sp³-hybridized carbons (Fsp3) is 0.667. The van der Waals surface area contributed by atoms with Crippen LogP contribution in [0.1, 0.15) is 43.0 Å². The molecule has 0 bridgehead atoms. The molecule has 0 radical (unpaired) electrons. The molecule has 3 rings (SSSR count). The monoisotopic (exact) mass is 450 g/mol. The molecule has 3 amide bonds. The van der Waals surface area contributed by atoms with Crippen LogP contribution in [0.5, 0.6) is 0 Å². The molecule has 3 heterocycles. The zero-order valence-corrected chi connectivity index (χ0v) is 18.7. The number of hydrogen-bond acceptors (Lipinski definition) is 7. The smallest absolute Gasteiger partial charge is 0.245 e. The van der Waals surface area contributed by atoms with Crippen molar-refractivity contribution in [2.75, 3.05) is 39.3 Å². The number of unbranched alkanes of at least 4 members (excludes halogenated alkanes) is 2. The van der Waals surface area contributed by atoms with E-state index < -0.39 is 18.1 Å². The number of carbonyl (C=O) groups is 3. The third-order valence-electron chi connectivity index (χ3n) is 5.92. The number of fused-ring (bicyclic) bond motifs is 1. The van der Waals surface area contributed by atoms with Gasteiger partial charge in [-0.15, -0.1) is 11.3 Å². The van der Waals surface area contributed by atoms with Gasteiger partial charge in [0.15, 0.2) is 0 Å². The molecule has 6 N–H and O–H groups in total. The maximum absolute atomic E-state index is 13.0. The van der Waals surface area contributed by atoms with E-state index in [4.69, 9.17) is 11.5 Å². The van der Waals surface area contributed by atoms with Crippen LogP contribution in [0.25, 0.3) is 0 Å². The molecule has 10 heteroatoms. The molecule has 0 spiro atoms. The van der Waals surface area contributed by atoms with Crippen LogP contribution in [0.2, 0.25) is 0 Å².